The molecule has 0 radical (unpaired) electrons. The SMILES string of the molecule is CC(C)(C)OC(=O)NC(Cc1ccccc1)C(O)CNOC1CCCC1.O=C(N[C@@H](Cc1ccccc1)[C@H](O)CNOC1CCCC1)OC1CO[C@H]2OCC[C@@H]12. The molecule has 4 aliphatic rings. The van der Waals surface area contributed by atoms with Gasteiger partial charge in [-0.2, -0.15) is 11.0 Å². The van der Waals surface area contributed by atoms with Crippen molar-refractivity contribution in [2.75, 3.05) is 26.3 Å². The van der Waals surface area contributed by atoms with E-state index in [-0.39, 0.29) is 43.6 Å². The summed E-state index contributed by atoms with van der Waals surface area (Å²) in [4.78, 5) is 36.0. The van der Waals surface area contributed by atoms with Crippen molar-refractivity contribution in [2.24, 2.45) is 5.92 Å². The largest absolute Gasteiger partial charge is 0.444 e. The van der Waals surface area contributed by atoms with Crippen LogP contribution in [0, 0.1) is 5.92 Å². The molecule has 2 saturated heterocycles. The molecule has 56 heavy (non-hydrogen) atoms. The van der Waals surface area contributed by atoms with E-state index in [0.29, 0.717) is 26.1 Å². The first kappa shape index (κ1) is 43.8. The first-order valence-corrected chi connectivity index (χ1v) is 20.4. The summed E-state index contributed by atoms with van der Waals surface area (Å²) in [5, 5.41) is 27.0. The van der Waals surface area contributed by atoms with Gasteiger partial charge in [0.25, 0.3) is 0 Å². The highest BCUT2D eigenvalue weighted by atomic mass is 16.7. The molecule has 0 bridgehead atoms. The van der Waals surface area contributed by atoms with Gasteiger partial charge >= 0.3 is 12.2 Å². The molecular weight excluding hydrogens is 720 g/mol. The number of aliphatic hydroxyl groups excluding tert-OH is 2. The second-order valence-electron chi connectivity index (χ2n) is 16.2. The maximum absolute atomic E-state index is 12.6. The number of nitrogens with one attached hydrogen (secondary N) is 4. The normalized spacial score (nSPS) is 23.3. The molecule has 6 N–H and O–H groups in total. The number of benzene rings is 2. The average Bonchev–Trinajstić information content (AvgIpc) is 4.00. The molecule has 2 heterocycles. The summed E-state index contributed by atoms with van der Waals surface area (Å²) in [7, 11) is 0. The van der Waals surface area contributed by atoms with Gasteiger partial charge in [0.05, 0.1) is 55.6 Å². The van der Waals surface area contributed by atoms with Crippen LogP contribution >= 0.6 is 0 Å². The van der Waals surface area contributed by atoms with Crippen LogP contribution in [0.3, 0.4) is 0 Å². The minimum atomic E-state index is -0.832. The summed E-state index contributed by atoms with van der Waals surface area (Å²) in [6.45, 7) is 6.86. The number of fused-ring (bicyclic) bond motifs is 1. The van der Waals surface area contributed by atoms with Crippen molar-refractivity contribution in [2.45, 2.75) is 146 Å². The predicted octanol–water partition coefficient (Wildman–Crippen LogP) is 4.86. The van der Waals surface area contributed by atoms with Gasteiger partial charge in [-0.3, -0.25) is 9.68 Å². The van der Waals surface area contributed by atoms with Gasteiger partial charge in [0.15, 0.2) is 6.29 Å². The highest BCUT2D eigenvalue weighted by Crippen LogP contribution is 2.33. The number of carbonyl (C=O) groups is 2. The number of aliphatic hydroxyl groups is 2. The molecule has 4 fully saturated rings. The lowest BCUT2D eigenvalue weighted by Crippen LogP contribution is -2.50. The van der Waals surface area contributed by atoms with E-state index in [1.54, 1.807) is 0 Å². The lowest BCUT2D eigenvalue weighted by atomic mass is 10.0. The van der Waals surface area contributed by atoms with Gasteiger partial charge in [0.1, 0.15) is 11.7 Å². The smallest absolute Gasteiger partial charge is 0.407 e. The van der Waals surface area contributed by atoms with Gasteiger partial charge in [-0.15, -0.1) is 0 Å². The third kappa shape index (κ3) is 15.2. The second-order valence-corrected chi connectivity index (χ2v) is 16.2. The van der Waals surface area contributed by atoms with E-state index in [1.165, 1.54) is 25.7 Å². The Hall–Kier alpha value is -3.34. The Morgan fingerprint density at radius 3 is 1.68 bits per heavy atom. The van der Waals surface area contributed by atoms with Crippen molar-refractivity contribution >= 4 is 12.2 Å². The summed E-state index contributed by atoms with van der Waals surface area (Å²) in [6, 6.07) is 18.5. The van der Waals surface area contributed by atoms with Crippen LogP contribution in [0.5, 0.6) is 0 Å². The fourth-order valence-electron chi connectivity index (χ4n) is 7.43. The Morgan fingerprint density at radius 2 is 1.20 bits per heavy atom. The van der Waals surface area contributed by atoms with Crippen LogP contribution in [0.25, 0.3) is 0 Å². The fraction of sp³-hybridized carbons (Fsp3) is 0.667. The van der Waals surface area contributed by atoms with Crippen molar-refractivity contribution < 1.29 is 48.4 Å². The van der Waals surface area contributed by atoms with Crippen LogP contribution in [0.2, 0.25) is 0 Å². The fourth-order valence-corrected chi connectivity index (χ4v) is 7.43. The molecule has 2 amide bonds. The summed E-state index contributed by atoms with van der Waals surface area (Å²) in [5.41, 5.74) is 7.23. The highest BCUT2D eigenvalue weighted by Gasteiger charge is 2.44. The molecule has 312 valence electrons. The van der Waals surface area contributed by atoms with Crippen molar-refractivity contribution in [3.05, 3.63) is 71.8 Å². The van der Waals surface area contributed by atoms with Gasteiger partial charge in [0.2, 0.25) is 0 Å². The topological polar surface area (TPSA) is 178 Å². The maximum atomic E-state index is 12.6. The quantitative estimate of drug-likeness (QED) is 0.120. The second kappa shape index (κ2) is 22.6. The Bertz CT molecular complexity index is 1420. The molecule has 2 aliphatic heterocycles. The number of ether oxygens (including phenoxy) is 4. The predicted molar refractivity (Wildman–Crippen MR) is 209 cm³/mol. The zero-order valence-corrected chi connectivity index (χ0v) is 33.2. The van der Waals surface area contributed by atoms with Gasteiger partial charge in [-0.25, -0.2) is 9.59 Å². The van der Waals surface area contributed by atoms with E-state index in [2.05, 4.69) is 21.6 Å². The van der Waals surface area contributed by atoms with Crippen LogP contribution < -0.4 is 21.6 Å². The molecule has 6 rings (SSSR count). The van der Waals surface area contributed by atoms with E-state index in [1.807, 2.05) is 81.4 Å². The lowest BCUT2D eigenvalue weighted by molar-refractivity contribution is -0.0907. The Labute approximate surface area is 331 Å². The summed E-state index contributed by atoms with van der Waals surface area (Å²) in [6.07, 6.45) is 7.82. The minimum absolute atomic E-state index is 0.0784. The number of rotatable bonds is 17. The summed E-state index contributed by atoms with van der Waals surface area (Å²) >= 11 is 0. The number of amides is 2. The zero-order chi connectivity index (χ0) is 39.8. The molecule has 14 nitrogen and oxygen atoms in total. The van der Waals surface area contributed by atoms with Crippen LogP contribution in [0.15, 0.2) is 60.7 Å². The number of hydrogen-bond acceptors (Lipinski definition) is 12. The maximum Gasteiger partial charge on any atom is 0.407 e. The van der Waals surface area contributed by atoms with E-state index < -0.39 is 42.1 Å². The Balaban J connectivity index is 0.000000217. The minimum Gasteiger partial charge on any atom is -0.444 e. The Morgan fingerprint density at radius 1 is 0.714 bits per heavy atom. The van der Waals surface area contributed by atoms with E-state index in [4.69, 9.17) is 28.6 Å². The molecule has 2 aromatic carbocycles. The van der Waals surface area contributed by atoms with Crippen molar-refractivity contribution in [1.82, 2.24) is 21.6 Å². The number of alkyl carbamates (subject to hydrolysis) is 2. The average molecular weight is 785 g/mol. The lowest BCUT2D eigenvalue weighted by Gasteiger charge is -2.27. The van der Waals surface area contributed by atoms with E-state index in [0.717, 1.165) is 43.2 Å². The first-order chi connectivity index (χ1) is 27.0. The number of hydrogen-bond donors (Lipinski definition) is 6. The third-order valence-corrected chi connectivity index (χ3v) is 10.5. The molecule has 3 unspecified atom stereocenters. The van der Waals surface area contributed by atoms with Crippen LogP contribution in [0.1, 0.15) is 89.7 Å². The molecular formula is C42H64N4O10. The zero-order valence-electron chi connectivity index (χ0n) is 33.2. The van der Waals surface area contributed by atoms with Crippen LogP contribution in [-0.2, 0) is 41.5 Å². The van der Waals surface area contributed by atoms with Gasteiger partial charge in [0, 0.05) is 13.1 Å². The van der Waals surface area contributed by atoms with Gasteiger partial charge < -0.3 is 39.8 Å². The summed E-state index contributed by atoms with van der Waals surface area (Å²) in [5.74, 6) is 0.0784. The molecule has 0 spiro atoms. The van der Waals surface area contributed by atoms with E-state index in [9.17, 15) is 19.8 Å². The van der Waals surface area contributed by atoms with Crippen LogP contribution in [0.4, 0.5) is 9.59 Å². The van der Waals surface area contributed by atoms with Gasteiger partial charge in [-0.1, -0.05) is 86.3 Å². The molecule has 14 heteroatoms. The van der Waals surface area contributed by atoms with Gasteiger partial charge in [-0.05, 0) is 76.8 Å². The number of carbonyl (C=O) groups excluding carboxylic acids is 2. The van der Waals surface area contributed by atoms with E-state index >= 15 is 0 Å². The molecule has 7 atom stereocenters. The van der Waals surface area contributed by atoms with Crippen LogP contribution in [-0.4, -0.2) is 103 Å². The van der Waals surface area contributed by atoms with Crippen molar-refractivity contribution in [1.29, 1.82) is 0 Å². The van der Waals surface area contributed by atoms with Crippen molar-refractivity contribution in [3.63, 3.8) is 0 Å². The number of hydroxylamine groups is 2. The molecule has 2 aliphatic carbocycles. The highest BCUT2D eigenvalue weighted by molar-refractivity contribution is 5.68. The monoisotopic (exact) mass is 784 g/mol. The Kier molecular flexibility index (Phi) is 17.6. The molecule has 2 aromatic rings. The summed E-state index contributed by atoms with van der Waals surface area (Å²) < 4.78 is 22.0. The molecule has 0 aromatic heterocycles. The molecule has 2 saturated carbocycles. The first-order valence-electron chi connectivity index (χ1n) is 20.4. The van der Waals surface area contributed by atoms with Crippen molar-refractivity contribution in [3.8, 4) is 0 Å². The standard InChI is InChI=1S/C22H32N2O6.C20H32N2O4/c25-19(13-23-30-16-8-4-5-9-16)18(12-15-6-2-1-3-7-15)24-22(26)29-20-14-28-21-17(20)10-11-27-21;1-20(2,3)25-19(24)22-17(13-15-9-5-4-6-10-15)18(23)14-21-26-16-11-7-8-12-16/h1-3,6-7,16-21,23,25H,4-5,8-14H2,(H,24,26);4-6,9-10,16-18,21,23H,7-8,11-14H2,1-3H3,(H,22,24)/t17-,18-,19+,20?,21+;/m0./s1. The third-order valence-electron chi connectivity index (χ3n) is 10.5.